The van der Waals surface area contributed by atoms with E-state index in [-0.39, 0.29) is 11.8 Å². The predicted octanol–water partition coefficient (Wildman–Crippen LogP) is 2.69. The molecular formula is C21H25NO5. The van der Waals surface area contributed by atoms with Crippen LogP contribution in [0.2, 0.25) is 0 Å². The molecule has 1 saturated heterocycles. The summed E-state index contributed by atoms with van der Waals surface area (Å²) in [6.07, 6.45) is 0.632. The van der Waals surface area contributed by atoms with E-state index in [4.69, 9.17) is 14.2 Å². The molecule has 27 heavy (non-hydrogen) atoms. The summed E-state index contributed by atoms with van der Waals surface area (Å²) >= 11 is 0. The molecule has 0 saturated carbocycles. The summed E-state index contributed by atoms with van der Waals surface area (Å²) in [4.78, 5) is 24.7. The lowest BCUT2D eigenvalue weighted by Gasteiger charge is -2.22. The number of carbonyl (C=O) groups excluding carboxylic acids is 2. The maximum atomic E-state index is 12.6. The summed E-state index contributed by atoms with van der Waals surface area (Å²) in [5.74, 6) is 0.0723. The van der Waals surface area contributed by atoms with Gasteiger partial charge in [0.15, 0.2) is 6.10 Å². The third kappa shape index (κ3) is 4.77. The van der Waals surface area contributed by atoms with Gasteiger partial charge in [0.05, 0.1) is 7.11 Å². The van der Waals surface area contributed by atoms with Gasteiger partial charge in [-0.3, -0.25) is 4.79 Å². The molecule has 144 valence electrons. The molecule has 0 aliphatic carbocycles. The van der Waals surface area contributed by atoms with E-state index in [1.807, 2.05) is 42.5 Å². The molecular weight excluding hydrogens is 346 g/mol. The first-order chi connectivity index (χ1) is 13.1. The summed E-state index contributed by atoms with van der Waals surface area (Å²) in [6, 6.07) is 12.8. The highest BCUT2D eigenvalue weighted by molar-refractivity contribution is 5.90. The van der Waals surface area contributed by atoms with Crippen LogP contribution in [0.4, 0.5) is 0 Å². The van der Waals surface area contributed by atoms with Crippen molar-refractivity contribution in [1.82, 2.24) is 5.32 Å². The van der Waals surface area contributed by atoms with Crippen molar-refractivity contribution in [2.24, 2.45) is 5.92 Å². The Bertz CT molecular complexity index is 795. The van der Waals surface area contributed by atoms with Crippen LogP contribution in [0.15, 0.2) is 42.5 Å². The van der Waals surface area contributed by atoms with Crippen molar-refractivity contribution in [2.45, 2.75) is 31.9 Å². The fourth-order valence-corrected chi connectivity index (χ4v) is 3.29. The molecule has 1 aliphatic rings. The van der Waals surface area contributed by atoms with Gasteiger partial charge in [-0.25, -0.2) is 4.79 Å². The number of carbonyl (C=O) groups is 2. The third-order valence-corrected chi connectivity index (χ3v) is 4.82. The lowest BCUT2D eigenvalue weighted by Crippen LogP contribution is -2.47. The van der Waals surface area contributed by atoms with Crippen LogP contribution in [0.3, 0.4) is 0 Å². The topological polar surface area (TPSA) is 73.9 Å². The van der Waals surface area contributed by atoms with E-state index in [9.17, 15) is 9.59 Å². The van der Waals surface area contributed by atoms with Crippen molar-refractivity contribution in [3.8, 4) is 5.75 Å². The fourth-order valence-electron chi connectivity index (χ4n) is 3.29. The lowest BCUT2D eigenvalue weighted by atomic mass is 9.99. The molecule has 1 heterocycles. The highest BCUT2D eigenvalue weighted by Gasteiger charge is 2.29. The molecule has 2 aromatic carbocycles. The minimum absolute atomic E-state index is 0.240. The summed E-state index contributed by atoms with van der Waals surface area (Å²) in [7, 11) is 1.32. The maximum absolute atomic E-state index is 12.6. The molecule has 1 fully saturated rings. The van der Waals surface area contributed by atoms with Crippen LogP contribution >= 0.6 is 0 Å². The monoisotopic (exact) mass is 371 g/mol. The number of hydrogen-bond acceptors (Lipinski definition) is 5. The molecule has 3 atom stereocenters. The molecule has 3 rings (SSSR count). The number of amides is 1. The Hall–Kier alpha value is -2.60. The van der Waals surface area contributed by atoms with E-state index < -0.39 is 18.1 Å². The van der Waals surface area contributed by atoms with E-state index in [0.29, 0.717) is 25.4 Å². The molecule has 2 aromatic rings. The summed E-state index contributed by atoms with van der Waals surface area (Å²) in [6.45, 7) is 2.96. The molecule has 0 bridgehead atoms. The van der Waals surface area contributed by atoms with Crippen LogP contribution in [-0.2, 0) is 19.1 Å². The molecule has 1 amide bonds. The first kappa shape index (κ1) is 19.2. The van der Waals surface area contributed by atoms with Crippen LogP contribution in [0.1, 0.15) is 19.8 Å². The summed E-state index contributed by atoms with van der Waals surface area (Å²) in [5, 5.41) is 4.74. The number of hydrogen-bond donors (Lipinski definition) is 1. The Kier molecular flexibility index (Phi) is 6.29. The van der Waals surface area contributed by atoms with E-state index in [1.54, 1.807) is 6.92 Å². The molecule has 0 spiro atoms. The van der Waals surface area contributed by atoms with Crippen molar-refractivity contribution in [1.29, 1.82) is 0 Å². The van der Waals surface area contributed by atoms with Crippen molar-refractivity contribution in [3.05, 3.63) is 42.5 Å². The number of methoxy groups -OCH3 is 1. The molecule has 0 aromatic heterocycles. The SMILES string of the molecule is COC(=O)C(CC1CCOC1)NC(=O)C(C)Oc1cccc2ccccc12. The third-order valence-electron chi connectivity index (χ3n) is 4.82. The van der Waals surface area contributed by atoms with Crippen molar-refractivity contribution < 1.29 is 23.8 Å². The van der Waals surface area contributed by atoms with Crippen LogP contribution in [0.5, 0.6) is 5.75 Å². The molecule has 6 nitrogen and oxygen atoms in total. The van der Waals surface area contributed by atoms with Gasteiger partial charge in [0.25, 0.3) is 5.91 Å². The van der Waals surface area contributed by atoms with Gasteiger partial charge in [0, 0.05) is 18.6 Å². The molecule has 0 radical (unpaired) electrons. The maximum Gasteiger partial charge on any atom is 0.328 e. The smallest absolute Gasteiger partial charge is 0.328 e. The first-order valence-electron chi connectivity index (χ1n) is 9.19. The van der Waals surface area contributed by atoms with E-state index in [2.05, 4.69) is 5.32 Å². The number of esters is 1. The van der Waals surface area contributed by atoms with Crippen LogP contribution in [0, 0.1) is 5.92 Å². The van der Waals surface area contributed by atoms with Gasteiger partial charge in [-0.1, -0.05) is 36.4 Å². The van der Waals surface area contributed by atoms with Crippen molar-refractivity contribution >= 4 is 22.6 Å². The van der Waals surface area contributed by atoms with Crippen molar-refractivity contribution in [3.63, 3.8) is 0 Å². The van der Waals surface area contributed by atoms with Gasteiger partial charge in [-0.15, -0.1) is 0 Å². The number of ether oxygens (including phenoxy) is 3. The highest BCUT2D eigenvalue weighted by Crippen LogP contribution is 2.26. The molecule has 3 unspecified atom stereocenters. The zero-order chi connectivity index (χ0) is 19.2. The number of fused-ring (bicyclic) bond motifs is 1. The van der Waals surface area contributed by atoms with Crippen LogP contribution in [-0.4, -0.2) is 44.3 Å². The quantitative estimate of drug-likeness (QED) is 0.758. The second kappa shape index (κ2) is 8.86. The van der Waals surface area contributed by atoms with Gasteiger partial charge >= 0.3 is 5.97 Å². The Morgan fingerprint density at radius 1 is 1.22 bits per heavy atom. The predicted molar refractivity (Wildman–Crippen MR) is 102 cm³/mol. The largest absolute Gasteiger partial charge is 0.480 e. The summed E-state index contributed by atoms with van der Waals surface area (Å²) < 4.78 is 16.1. The van der Waals surface area contributed by atoms with E-state index in [1.165, 1.54) is 7.11 Å². The zero-order valence-corrected chi connectivity index (χ0v) is 15.6. The first-order valence-corrected chi connectivity index (χ1v) is 9.19. The van der Waals surface area contributed by atoms with Gasteiger partial charge < -0.3 is 19.5 Å². The minimum atomic E-state index is -0.747. The average Bonchev–Trinajstić information content (AvgIpc) is 3.20. The lowest BCUT2D eigenvalue weighted by molar-refractivity contribution is -0.146. The Morgan fingerprint density at radius 3 is 2.74 bits per heavy atom. The van der Waals surface area contributed by atoms with Gasteiger partial charge in [-0.2, -0.15) is 0 Å². The second-order valence-electron chi connectivity index (χ2n) is 6.79. The van der Waals surface area contributed by atoms with Gasteiger partial charge in [0.1, 0.15) is 11.8 Å². The van der Waals surface area contributed by atoms with Crippen LogP contribution < -0.4 is 10.1 Å². The standard InChI is InChI=1S/C21H25NO5/c1-14(27-19-9-5-7-16-6-3-4-8-17(16)19)20(23)22-18(21(24)25-2)12-15-10-11-26-13-15/h3-9,14-15,18H,10-13H2,1-2H3,(H,22,23). The number of nitrogens with one attached hydrogen (secondary N) is 1. The zero-order valence-electron chi connectivity index (χ0n) is 15.6. The second-order valence-corrected chi connectivity index (χ2v) is 6.79. The average molecular weight is 371 g/mol. The molecule has 6 heteroatoms. The highest BCUT2D eigenvalue weighted by atomic mass is 16.5. The van der Waals surface area contributed by atoms with Gasteiger partial charge in [-0.05, 0) is 37.1 Å². The van der Waals surface area contributed by atoms with E-state index >= 15 is 0 Å². The van der Waals surface area contributed by atoms with E-state index in [0.717, 1.165) is 17.2 Å². The van der Waals surface area contributed by atoms with Crippen LogP contribution in [0.25, 0.3) is 10.8 Å². The Balaban J connectivity index is 1.66. The molecule has 1 aliphatic heterocycles. The number of rotatable bonds is 7. The molecule has 1 N–H and O–H groups in total. The van der Waals surface area contributed by atoms with Gasteiger partial charge in [0.2, 0.25) is 0 Å². The normalized spacial score (nSPS) is 18.7. The summed E-state index contributed by atoms with van der Waals surface area (Å²) in [5.41, 5.74) is 0. The number of benzene rings is 2. The minimum Gasteiger partial charge on any atom is -0.480 e. The fraction of sp³-hybridized carbons (Fsp3) is 0.429. The Morgan fingerprint density at radius 2 is 2.00 bits per heavy atom. The Labute approximate surface area is 158 Å². The van der Waals surface area contributed by atoms with Crippen molar-refractivity contribution in [2.75, 3.05) is 20.3 Å².